The van der Waals surface area contributed by atoms with Crippen molar-refractivity contribution in [3.63, 3.8) is 0 Å². The first-order valence-electron chi connectivity index (χ1n) is 6.42. The van der Waals surface area contributed by atoms with Crippen LogP contribution in [-0.2, 0) is 6.54 Å². The number of benzene rings is 1. The molecule has 0 radical (unpaired) electrons. The number of fused-ring (bicyclic) bond motifs is 1. The van der Waals surface area contributed by atoms with Gasteiger partial charge in [0.15, 0.2) is 0 Å². The standard InChI is InChI=1S/C15H13F2N3S/c16-15(17)21-13-6-4-11(5-7-13)18-9-12-10-20-8-2-1-3-14(20)19-12/h1-8,10,15,18H,9H2. The zero-order valence-corrected chi connectivity index (χ0v) is 11.9. The van der Waals surface area contributed by atoms with Crippen molar-refractivity contribution in [2.45, 2.75) is 17.2 Å². The molecule has 3 nitrogen and oxygen atoms in total. The number of pyridine rings is 1. The zero-order chi connectivity index (χ0) is 14.7. The Labute approximate surface area is 125 Å². The number of thioether (sulfide) groups is 1. The lowest BCUT2D eigenvalue weighted by Crippen LogP contribution is -1.99. The van der Waals surface area contributed by atoms with Gasteiger partial charge in [0.1, 0.15) is 5.65 Å². The van der Waals surface area contributed by atoms with Crippen LogP contribution in [0.2, 0.25) is 0 Å². The molecule has 2 heterocycles. The van der Waals surface area contributed by atoms with Crippen LogP contribution in [0.1, 0.15) is 5.69 Å². The maximum Gasteiger partial charge on any atom is 0.288 e. The molecule has 0 aliphatic rings. The first kappa shape index (κ1) is 13.9. The van der Waals surface area contributed by atoms with Crippen molar-refractivity contribution in [1.29, 1.82) is 0 Å². The molecule has 0 fully saturated rings. The molecule has 0 saturated carbocycles. The molecule has 0 unspecified atom stereocenters. The Morgan fingerprint density at radius 1 is 1.14 bits per heavy atom. The fraction of sp³-hybridized carbons (Fsp3) is 0.133. The third-order valence-electron chi connectivity index (χ3n) is 2.97. The number of alkyl halides is 2. The van der Waals surface area contributed by atoms with Crippen molar-refractivity contribution < 1.29 is 8.78 Å². The predicted molar refractivity (Wildman–Crippen MR) is 80.8 cm³/mol. The van der Waals surface area contributed by atoms with E-state index in [1.165, 1.54) is 0 Å². The average Bonchev–Trinajstić information content (AvgIpc) is 2.89. The van der Waals surface area contributed by atoms with Gasteiger partial charge in [-0.3, -0.25) is 0 Å². The lowest BCUT2D eigenvalue weighted by molar-refractivity contribution is 0.252. The summed E-state index contributed by atoms with van der Waals surface area (Å²) in [5.41, 5.74) is 2.70. The van der Waals surface area contributed by atoms with Crippen LogP contribution in [0, 0.1) is 0 Å². The number of nitrogens with zero attached hydrogens (tertiary/aromatic N) is 2. The first-order chi connectivity index (χ1) is 10.2. The number of nitrogens with one attached hydrogen (secondary N) is 1. The lowest BCUT2D eigenvalue weighted by Gasteiger charge is -2.05. The highest BCUT2D eigenvalue weighted by atomic mass is 32.2. The van der Waals surface area contributed by atoms with Gasteiger partial charge in [-0.1, -0.05) is 17.8 Å². The summed E-state index contributed by atoms with van der Waals surface area (Å²) in [5, 5.41) is 3.23. The van der Waals surface area contributed by atoms with E-state index in [1.807, 2.05) is 35.0 Å². The van der Waals surface area contributed by atoms with Crippen molar-refractivity contribution in [2.75, 3.05) is 5.32 Å². The maximum atomic E-state index is 12.2. The smallest absolute Gasteiger partial charge is 0.288 e. The van der Waals surface area contributed by atoms with Crippen molar-refractivity contribution in [1.82, 2.24) is 9.38 Å². The molecule has 108 valence electrons. The van der Waals surface area contributed by atoms with Gasteiger partial charge in [-0.15, -0.1) is 0 Å². The van der Waals surface area contributed by atoms with E-state index in [4.69, 9.17) is 0 Å². The van der Waals surface area contributed by atoms with Gasteiger partial charge in [0.25, 0.3) is 5.76 Å². The van der Waals surface area contributed by atoms with E-state index in [9.17, 15) is 8.78 Å². The Hall–Kier alpha value is -2.08. The molecule has 0 atom stereocenters. The van der Waals surface area contributed by atoms with Gasteiger partial charge >= 0.3 is 0 Å². The average molecular weight is 305 g/mol. The van der Waals surface area contributed by atoms with E-state index >= 15 is 0 Å². The third kappa shape index (κ3) is 3.52. The number of aromatic nitrogens is 2. The van der Waals surface area contributed by atoms with Gasteiger partial charge in [0.2, 0.25) is 0 Å². The molecule has 1 N–H and O–H groups in total. The Bertz CT molecular complexity index is 692. The van der Waals surface area contributed by atoms with Crippen LogP contribution in [0.5, 0.6) is 0 Å². The molecule has 0 aliphatic heterocycles. The van der Waals surface area contributed by atoms with E-state index in [-0.39, 0.29) is 0 Å². The topological polar surface area (TPSA) is 29.3 Å². The normalized spacial score (nSPS) is 11.2. The SMILES string of the molecule is FC(F)Sc1ccc(NCc2cn3ccccc3n2)cc1. The first-order valence-corrected chi connectivity index (χ1v) is 7.30. The molecule has 0 spiro atoms. The molecule has 6 heteroatoms. The summed E-state index contributed by atoms with van der Waals surface area (Å²) < 4.78 is 26.4. The van der Waals surface area contributed by atoms with Crippen LogP contribution >= 0.6 is 11.8 Å². The highest BCUT2D eigenvalue weighted by Gasteiger charge is 2.05. The van der Waals surface area contributed by atoms with Gasteiger partial charge in [0.05, 0.1) is 12.2 Å². The quantitative estimate of drug-likeness (QED) is 0.714. The number of hydrogen-bond donors (Lipinski definition) is 1. The summed E-state index contributed by atoms with van der Waals surface area (Å²) in [5.74, 6) is -2.39. The molecule has 21 heavy (non-hydrogen) atoms. The van der Waals surface area contributed by atoms with Crippen LogP contribution < -0.4 is 5.32 Å². The minimum atomic E-state index is -2.39. The van der Waals surface area contributed by atoms with Crippen molar-refractivity contribution in [3.8, 4) is 0 Å². The fourth-order valence-electron chi connectivity index (χ4n) is 2.02. The van der Waals surface area contributed by atoms with E-state index in [2.05, 4.69) is 10.3 Å². The van der Waals surface area contributed by atoms with E-state index in [0.29, 0.717) is 23.2 Å². The molecule has 0 aliphatic carbocycles. The van der Waals surface area contributed by atoms with Crippen LogP contribution in [0.25, 0.3) is 5.65 Å². The Morgan fingerprint density at radius 3 is 2.67 bits per heavy atom. The van der Waals surface area contributed by atoms with Crippen LogP contribution in [0.4, 0.5) is 14.5 Å². The summed E-state index contributed by atoms with van der Waals surface area (Å²) in [6.07, 6.45) is 3.91. The molecule has 2 aromatic heterocycles. The van der Waals surface area contributed by atoms with Crippen molar-refractivity contribution in [2.24, 2.45) is 0 Å². The number of imidazole rings is 1. The highest BCUT2D eigenvalue weighted by molar-refractivity contribution is 7.99. The van der Waals surface area contributed by atoms with E-state index in [1.54, 1.807) is 24.3 Å². The van der Waals surface area contributed by atoms with Crippen molar-refractivity contribution >= 4 is 23.1 Å². The third-order valence-corrected chi connectivity index (χ3v) is 3.69. The largest absolute Gasteiger partial charge is 0.379 e. The van der Waals surface area contributed by atoms with E-state index < -0.39 is 5.76 Å². The zero-order valence-electron chi connectivity index (χ0n) is 11.0. The minimum Gasteiger partial charge on any atom is -0.379 e. The van der Waals surface area contributed by atoms with Crippen LogP contribution in [-0.4, -0.2) is 15.1 Å². The second-order valence-electron chi connectivity index (χ2n) is 4.45. The second kappa shape index (κ2) is 6.13. The summed E-state index contributed by atoms with van der Waals surface area (Å²) in [6.45, 7) is 0.586. The summed E-state index contributed by atoms with van der Waals surface area (Å²) >= 11 is 0.548. The van der Waals surface area contributed by atoms with Gasteiger partial charge in [-0.2, -0.15) is 8.78 Å². The Balaban J connectivity index is 1.64. The summed E-state index contributed by atoms with van der Waals surface area (Å²) in [4.78, 5) is 5.04. The van der Waals surface area contributed by atoms with Gasteiger partial charge < -0.3 is 9.72 Å². The van der Waals surface area contributed by atoms with Gasteiger partial charge in [0, 0.05) is 23.0 Å². The maximum absolute atomic E-state index is 12.2. The van der Waals surface area contributed by atoms with Crippen LogP contribution in [0.15, 0.2) is 59.8 Å². The number of hydrogen-bond acceptors (Lipinski definition) is 3. The Kier molecular flexibility index (Phi) is 4.06. The molecule has 0 bridgehead atoms. The monoisotopic (exact) mass is 305 g/mol. The molecular formula is C15H13F2N3S. The highest BCUT2D eigenvalue weighted by Crippen LogP contribution is 2.26. The minimum absolute atomic E-state index is 0.548. The molecule has 3 rings (SSSR count). The number of rotatable bonds is 5. The van der Waals surface area contributed by atoms with Crippen LogP contribution in [0.3, 0.4) is 0 Å². The second-order valence-corrected chi connectivity index (χ2v) is 5.52. The van der Waals surface area contributed by atoms with Gasteiger partial charge in [-0.25, -0.2) is 4.98 Å². The molecule has 1 aromatic carbocycles. The van der Waals surface area contributed by atoms with Gasteiger partial charge in [-0.05, 0) is 36.4 Å². The number of anilines is 1. The molecule has 3 aromatic rings. The fourth-order valence-corrected chi connectivity index (χ4v) is 2.52. The van der Waals surface area contributed by atoms with Crippen molar-refractivity contribution in [3.05, 3.63) is 60.6 Å². The van der Waals surface area contributed by atoms with E-state index in [0.717, 1.165) is 17.0 Å². The summed E-state index contributed by atoms with van der Waals surface area (Å²) in [6, 6.07) is 12.8. The Morgan fingerprint density at radius 2 is 1.95 bits per heavy atom. The lowest BCUT2D eigenvalue weighted by atomic mass is 10.3. The molecule has 0 amide bonds. The predicted octanol–water partition coefficient (Wildman–Crippen LogP) is 4.26. The summed E-state index contributed by atoms with van der Waals surface area (Å²) in [7, 11) is 0. The molecular weight excluding hydrogens is 292 g/mol. The number of halogens is 2. The molecule has 0 saturated heterocycles.